The van der Waals surface area contributed by atoms with Crippen LogP contribution >= 0.6 is 27.3 Å². The van der Waals surface area contributed by atoms with Gasteiger partial charge in [0.2, 0.25) is 0 Å². The summed E-state index contributed by atoms with van der Waals surface area (Å²) in [5.74, 6) is -0.195. The number of benzene rings is 1. The Balaban J connectivity index is 2.15. The summed E-state index contributed by atoms with van der Waals surface area (Å²) < 4.78 is 0.824. The van der Waals surface area contributed by atoms with Gasteiger partial charge in [-0.1, -0.05) is 15.9 Å². The van der Waals surface area contributed by atoms with Crippen molar-refractivity contribution in [1.29, 1.82) is 0 Å². The van der Waals surface area contributed by atoms with E-state index >= 15 is 0 Å². The number of carbonyl (C=O) groups excluding carboxylic acids is 1. The lowest BCUT2D eigenvalue weighted by Gasteiger charge is -2.12. The molecule has 0 saturated heterocycles. The number of halogens is 1. The summed E-state index contributed by atoms with van der Waals surface area (Å²) in [6, 6.07) is 5.09. The van der Waals surface area contributed by atoms with E-state index in [1.807, 2.05) is 19.2 Å². The van der Waals surface area contributed by atoms with Gasteiger partial charge in [0.25, 0.3) is 5.91 Å². The second-order valence-corrected chi connectivity index (χ2v) is 6.06. The molecule has 6 heteroatoms. The minimum atomic E-state index is -0.195. The van der Waals surface area contributed by atoms with Crippen molar-refractivity contribution >= 4 is 38.9 Å². The number of nitrogens with zero attached hydrogens (tertiary/aromatic N) is 1. The molecule has 19 heavy (non-hydrogen) atoms. The van der Waals surface area contributed by atoms with Crippen molar-refractivity contribution < 1.29 is 4.79 Å². The molecule has 0 fully saturated rings. The molecule has 0 aliphatic rings. The molecule has 2 aromatic rings. The minimum absolute atomic E-state index is 0.135. The fraction of sp³-hybridized carbons (Fsp3) is 0.231. The summed E-state index contributed by atoms with van der Waals surface area (Å²) in [6.45, 7) is 3.84. The zero-order valence-electron chi connectivity index (χ0n) is 10.6. The number of nitrogens with one attached hydrogen (secondary N) is 1. The van der Waals surface area contributed by atoms with Crippen molar-refractivity contribution in [3.05, 3.63) is 44.3 Å². The Morgan fingerprint density at radius 2 is 2.26 bits per heavy atom. The summed E-state index contributed by atoms with van der Waals surface area (Å²) in [5.41, 5.74) is 7.70. The van der Waals surface area contributed by atoms with Crippen LogP contribution in [0.5, 0.6) is 0 Å². The summed E-state index contributed by atoms with van der Waals surface area (Å²) in [6.07, 6.45) is 0. The summed E-state index contributed by atoms with van der Waals surface area (Å²) in [7, 11) is 0. The topological polar surface area (TPSA) is 68.0 Å². The second-order valence-electron chi connectivity index (χ2n) is 4.25. The fourth-order valence-corrected chi connectivity index (χ4v) is 2.80. The van der Waals surface area contributed by atoms with Crippen molar-refractivity contribution in [3.8, 4) is 0 Å². The summed E-state index contributed by atoms with van der Waals surface area (Å²) in [4.78, 5) is 16.5. The van der Waals surface area contributed by atoms with Gasteiger partial charge in [0.05, 0.1) is 11.6 Å². The largest absolute Gasteiger partial charge is 0.398 e. The average Bonchev–Trinajstić information content (AvgIpc) is 2.79. The normalized spacial score (nSPS) is 12.2. The van der Waals surface area contributed by atoms with Gasteiger partial charge >= 0.3 is 0 Å². The quantitative estimate of drug-likeness (QED) is 0.843. The van der Waals surface area contributed by atoms with Gasteiger partial charge in [-0.15, -0.1) is 11.3 Å². The zero-order valence-corrected chi connectivity index (χ0v) is 13.0. The average molecular weight is 340 g/mol. The van der Waals surface area contributed by atoms with E-state index in [1.165, 1.54) is 11.3 Å². The van der Waals surface area contributed by atoms with Crippen LogP contribution in [0, 0.1) is 6.92 Å². The molecule has 1 atom stereocenters. The third-order valence-electron chi connectivity index (χ3n) is 2.61. The Morgan fingerprint density at radius 3 is 2.89 bits per heavy atom. The first kappa shape index (κ1) is 14.0. The predicted octanol–water partition coefficient (Wildman–Crippen LogP) is 3.29. The van der Waals surface area contributed by atoms with Crippen LogP contribution in [0.25, 0.3) is 0 Å². The molecule has 1 aromatic heterocycles. The van der Waals surface area contributed by atoms with Crippen LogP contribution in [-0.2, 0) is 0 Å². The van der Waals surface area contributed by atoms with E-state index in [9.17, 15) is 4.79 Å². The summed E-state index contributed by atoms with van der Waals surface area (Å²) >= 11 is 4.87. The molecule has 4 nitrogen and oxygen atoms in total. The lowest BCUT2D eigenvalue weighted by molar-refractivity contribution is 0.0940. The third kappa shape index (κ3) is 3.33. The summed E-state index contributed by atoms with van der Waals surface area (Å²) in [5, 5.41) is 5.75. The van der Waals surface area contributed by atoms with Gasteiger partial charge in [0, 0.05) is 21.2 Å². The first-order valence-corrected chi connectivity index (χ1v) is 7.42. The molecule has 1 amide bonds. The molecule has 1 aromatic carbocycles. The Morgan fingerprint density at radius 1 is 1.53 bits per heavy atom. The van der Waals surface area contributed by atoms with Gasteiger partial charge in [-0.2, -0.15) is 0 Å². The second kappa shape index (κ2) is 5.71. The van der Waals surface area contributed by atoms with E-state index < -0.39 is 0 Å². The number of anilines is 1. The van der Waals surface area contributed by atoms with Crippen LogP contribution in [0.2, 0.25) is 0 Å². The van der Waals surface area contributed by atoms with Crippen molar-refractivity contribution in [2.45, 2.75) is 19.9 Å². The molecule has 1 unspecified atom stereocenters. The Bertz CT molecular complexity index is 612. The van der Waals surface area contributed by atoms with E-state index in [4.69, 9.17) is 5.73 Å². The van der Waals surface area contributed by atoms with Gasteiger partial charge in [-0.3, -0.25) is 4.79 Å². The highest BCUT2D eigenvalue weighted by Gasteiger charge is 2.16. The first-order valence-electron chi connectivity index (χ1n) is 5.75. The highest BCUT2D eigenvalue weighted by Crippen LogP contribution is 2.21. The lowest BCUT2D eigenvalue weighted by Crippen LogP contribution is -2.27. The lowest BCUT2D eigenvalue weighted by atomic mass is 10.1. The van der Waals surface area contributed by atoms with Crippen LogP contribution in [0.1, 0.15) is 34.0 Å². The van der Waals surface area contributed by atoms with Crippen LogP contribution < -0.4 is 11.1 Å². The maximum Gasteiger partial charge on any atom is 0.253 e. The number of aromatic nitrogens is 1. The molecule has 0 aliphatic heterocycles. The highest BCUT2D eigenvalue weighted by atomic mass is 79.9. The van der Waals surface area contributed by atoms with Crippen molar-refractivity contribution in [2.75, 3.05) is 5.73 Å². The molecule has 0 aliphatic carbocycles. The molecule has 1 heterocycles. The molecule has 2 rings (SSSR count). The number of nitrogens with two attached hydrogens (primary N) is 1. The number of amides is 1. The van der Waals surface area contributed by atoms with E-state index in [-0.39, 0.29) is 11.9 Å². The predicted molar refractivity (Wildman–Crippen MR) is 81.3 cm³/mol. The monoisotopic (exact) mass is 339 g/mol. The number of rotatable bonds is 3. The Kier molecular flexibility index (Phi) is 4.21. The maximum atomic E-state index is 12.2. The SMILES string of the molecule is Cc1csc(C(C)NC(=O)c2cc(Br)ccc2N)n1. The molecule has 0 saturated carbocycles. The minimum Gasteiger partial charge on any atom is -0.398 e. The van der Waals surface area contributed by atoms with Crippen molar-refractivity contribution in [3.63, 3.8) is 0 Å². The maximum absolute atomic E-state index is 12.2. The molecule has 0 spiro atoms. The van der Waals surface area contributed by atoms with E-state index in [1.54, 1.807) is 18.2 Å². The van der Waals surface area contributed by atoms with Gasteiger partial charge in [-0.25, -0.2) is 4.98 Å². The van der Waals surface area contributed by atoms with E-state index in [2.05, 4.69) is 26.2 Å². The molecule has 3 N–H and O–H groups in total. The van der Waals surface area contributed by atoms with Crippen LogP contribution in [-0.4, -0.2) is 10.9 Å². The van der Waals surface area contributed by atoms with Crippen LogP contribution in [0.15, 0.2) is 28.1 Å². The molecular weight excluding hydrogens is 326 g/mol. The fourth-order valence-electron chi connectivity index (χ4n) is 1.63. The smallest absolute Gasteiger partial charge is 0.253 e. The standard InChI is InChI=1S/C13H14BrN3OS/c1-7-6-19-13(16-7)8(2)17-12(18)10-5-9(14)3-4-11(10)15/h3-6,8H,15H2,1-2H3,(H,17,18). The molecular formula is C13H14BrN3OS. The number of aryl methyl sites for hydroxylation is 1. The van der Waals surface area contributed by atoms with Gasteiger partial charge in [0.15, 0.2) is 0 Å². The molecule has 0 radical (unpaired) electrons. The first-order chi connectivity index (χ1) is 8.97. The number of hydrogen-bond donors (Lipinski definition) is 2. The number of nitrogen functional groups attached to an aromatic ring is 1. The van der Waals surface area contributed by atoms with Crippen LogP contribution in [0.4, 0.5) is 5.69 Å². The number of hydrogen-bond acceptors (Lipinski definition) is 4. The van der Waals surface area contributed by atoms with Gasteiger partial charge < -0.3 is 11.1 Å². The van der Waals surface area contributed by atoms with Gasteiger partial charge in [-0.05, 0) is 32.0 Å². The third-order valence-corrected chi connectivity index (χ3v) is 4.25. The Labute approximate surface area is 124 Å². The zero-order chi connectivity index (χ0) is 14.0. The Hall–Kier alpha value is -1.40. The molecule has 100 valence electrons. The molecule has 0 bridgehead atoms. The van der Waals surface area contributed by atoms with E-state index in [0.29, 0.717) is 11.3 Å². The number of thiazole rings is 1. The number of carbonyl (C=O) groups is 1. The van der Waals surface area contributed by atoms with Gasteiger partial charge in [0.1, 0.15) is 5.01 Å². The highest BCUT2D eigenvalue weighted by molar-refractivity contribution is 9.10. The van der Waals surface area contributed by atoms with Crippen molar-refractivity contribution in [2.24, 2.45) is 0 Å². The van der Waals surface area contributed by atoms with Crippen molar-refractivity contribution in [1.82, 2.24) is 10.3 Å². The van der Waals surface area contributed by atoms with Crippen LogP contribution in [0.3, 0.4) is 0 Å². The van der Waals surface area contributed by atoms with E-state index in [0.717, 1.165) is 15.2 Å².